The Labute approximate surface area is 218 Å². The van der Waals surface area contributed by atoms with E-state index in [4.69, 9.17) is 21.1 Å². The maximum atomic E-state index is 12.5. The number of aliphatic imine (C=N–C) groups is 1. The van der Waals surface area contributed by atoms with Crippen molar-refractivity contribution in [2.75, 3.05) is 0 Å². The molecule has 1 aliphatic rings. The molecule has 34 heavy (non-hydrogen) atoms. The maximum Gasteiger partial charge on any atom is 0.363 e. The van der Waals surface area contributed by atoms with E-state index in [9.17, 15) is 4.79 Å². The van der Waals surface area contributed by atoms with Gasteiger partial charge < -0.3 is 9.47 Å². The van der Waals surface area contributed by atoms with Gasteiger partial charge in [0.15, 0.2) is 5.70 Å². The van der Waals surface area contributed by atoms with Gasteiger partial charge in [-0.15, -0.1) is 0 Å². The van der Waals surface area contributed by atoms with E-state index in [2.05, 4.69) is 36.9 Å². The molecule has 0 amide bonds. The fourth-order valence-electron chi connectivity index (χ4n) is 3.60. The van der Waals surface area contributed by atoms with Gasteiger partial charge in [0.25, 0.3) is 0 Å². The second kappa shape index (κ2) is 9.74. The smallest absolute Gasteiger partial charge is 0.363 e. The van der Waals surface area contributed by atoms with Gasteiger partial charge in [-0.1, -0.05) is 54.1 Å². The number of carbonyl (C=O) groups is 1. The number of fused-ring (bicyclic) bond motifs is 1. The predicted molar refractivity (Wildman–Crippen MR) is 142 cm³/mol. The third-order valence-corrected chi connectivity index (χ3v) is 6.63. The molecule has 0 N–H and O–H groups in total. The standard InChI is InChI=1S/C27H16Br2ClNO3/c28-22-11-17(12-23(29)25(22)33-15-16-4-3-7-21(30)10-16)13-24-27(32)34-26(31-24)20-9-8-18-5-1-2-6-19(18)14-20/h1-14H,15H2/b24-13-. The van der Waals surface area contributed by atoms with E-state index in [1.165, 1.54) is 0 Å². The lowest BCUT2D eigenvalue weighted by molar-refractivity contribution is -0.129. The lowest BCUT2D eigenvalue weighted by atomic mass is 10.1. The topological polar surface area (TPSA) is 47.9 Å². The molecule has 0 atom stereocenters. The number of hydrogen-bond donors (Lipinski definition) is 0. The first-order valence-electron chi connectivity index (χ1n) is 10.3. The summed E-state index contributed by atoms with van der Waals surface area (Å²) in [5.41, 5.74) is 2.71. The van der Waals surface area contributed by atoms with Gasteiger partial charge in [0, 0.05) is 10.6 Å². The number of cyclic esters (lactones) is 1. The van der Waals surface area contributed by atoms with Crippen molar-refractivity contribution >= 4 is 72.2 Å². The Balaban J connectivity index is 1.39. The summed E-state index contributed by atoms with van der Waals surface area (Å²) in [5, 5.41) is 2.82. The van der Waals surface area contributed by atoms with E-state index in [1.807, 2.05) is 78.9 Å². The normalized spacial score (nSPS) is 14.4. The highest BCUT2D eigenvalue weighted by Crippen LogP contribution is 2.36. The fraction of sp³-hybridized carbons (Fsp3) is 0.0370. The summed E-state index contributed by atoms with van der Waals surface area (Å²) in [7, 11) is 0. The molecule has 168 valence electrons. The van der Waals surface area contributed by atoms with Crippen molar-refractivity contribution in [1.29, 1.82) is 0 Å². The van der Waals surface area contributed by atoms with E-state index >= 15 is 0 Å². The zero-order valence-corrected chi connectivity index (χ0v) is 21.5. The minimum absolute atomic E-state index is 0.231. The van der Waals surface area contributed by atoms with Gasteiger partial charge in [0.2, 0.25) is 5.90 Å². The number of carbonyl (C=O) groups excluding carboxylic acids is 1. The molecule has 0 aliphatic carbocycles. The summed E-state index contributed by atoms with van der Waals surface area (Å²) < 4.78 is 12.9. The van der Waals surface area contributed by atoms with Gasteiger partial charge >= 0.3 is 5.97 Å². The lowest BCUT2D eigenvalue weighted by Crippen LogP contribution is -2.05. The fourth-order valence-corrected chi connectivity index (χ4v) is 5.26. The van der Waals surface area contributed by atoms with Crippen molar-refractivity contribution in [3.8, 4) is 5.75 Å². The van der Waals surface area contributed by atoms with Gasteiger partial charge in [0.05, 0.1) is 8.95 Å². The van der Waals surface area contributed by atoms with Gasteiger partial charge in [-0.05, 0) is 96.2 Å². The molecule has 1 heterocycles. The van der Waals surface area contributed by atoms with Crippen molar-refractivity contribution < 1.29 is 14.3 Å². The number of esters is 1. The minimum atomic E-state index is -0.489. The van der Waals surface area contributed by atoms with Crippen LogP contribution in [0, 0.1) is 0 Å². The second-order valence-electron chi connectivity index (χ2n) is 7.63. The molecule has 0 fully saturated rings. The maximum absolute atomic E-state index is 12.5. The highest BCUT2D eigenvalue weighted by Gasteiger charge is 2.24. The summed E-state index contributed by atoms with van der Waals surface area (Å²) in [5.74, 6) is 0.453. The highest BCUT2D eigenvalue weighted by molar-refractivity contribution is 9.11. The van der Waals surface area contributed by atoms with Gasteiger partial charge in [-0.2, -0.15) is 0 Å². The average molecular weight is 598 g/mol. The molecule has 0 bridgehead atoms. The monoisotopic (exact) mass is 595 g/mol. The number of hydrogen-bond acceptors (Lipinski definition) is 4. The SMILES string of the molecule is O=C1OC(c2ccc3ccccc3c2)=N/C1=C\c1cc(Br)c(OCc2cccc(Cl)c2)c(Br)c1. The molecule has 1 aliphatic heterocycles. The molecule has 0 unspecified atom stereocenters. The summed E-state index contributed by atoms with van der Waals surface area (Å²) >= 11 is 13.2. The number of benzene rings is 4. The van der Waals surface area contributed by atoms with Crippen LogP contribution in [-0.2, 0) is 16.1 Å². The van der Waals surface area contributed by atoms with Crippen LogP contribution in [0.2, 0.25) is 5.02 Å². The first-order valence-corrected chi connectivity index (χ1v) is 12.3. The molecule has 4 aromatic rings. The second-order valence-corrected chi connectivity index (χ2v) is 9.78. The minimum Gasteiger partial charge on any atom is -0.487 e. The van der Waals surface area contributed by atoms with Crippen molar-refractivity contribution in [1.82, 2.24) is 0 Å². The molecule has 4 nitrogen and oxygen atoms in total. The van der Waals surface area contributed by atoms with Gasteiger partial charge in [-0.25, -0.2) is 9.79 Å². The molecular formula is C27H16Br2ClNO3. The Morgan fingerprint density at radius 1 is 0.912 bits per heavy atom. The van der Waals surface area contributed by atoms with Crippen molar-refractivity contribution in [2.45, 2.75) is 6.61 Å². The zero-order valence-electron chi connectivity index (χ0n) is 17.6. The predicted octanol–water partition coefficient (Wildman–Crippen LogP) is 7.94. The molecule has 0 spiro atoms. The first kappa shape index (κ1) is 22.8. The van der Waals surface area contributed by atoms with Crippen molar-refractivity contribution in [3.05, 3.63) is 115 Å². The molecule has 7 heteroatoms. The summed E-state index contributed by atoms with van der Waals surface area (Å²) in [4.78, 5) is 16.9. The molecule has 0 saturated heterocycles. The van der Waals surface area contributed by atoms with Gasteiger partial charge in [-0.3, -0.25) is 0 Å². The number of nitrogens with zero attached hydrogens (tertiary/aromatic N) is 1. The van der Waals surface area contributed by atoms with Crippen LogP contribution in [0.4, 0.5) is 0 Å². The number of rotatable bonds is 5. The van der Waals surface area contributed by atoms with Crippen LogP contribution in [0.15, 0.2) is 98.5 Å². The van der Waals surface area contributed by atoms with E-state index in [0.29, 0.717) is 23.3 Å². The largest absolute Gasteiger partial charge is 0.487 e. The van der Waals surface area contributed by atoms with E-state index in [-0.39, 0.29) is 5.70 Å². The van der Waals surface area contributed by atoms with Crippen molar-refractivity contribution in [3.63, 3.8) is 0 Å². The Morgan fingerprint density at radius 3 is 2.44 bits per heavy atom. The zero-order chi connectivity index (χ0) is 23.7. The number of halogens is 3. The van der Waals surface area contributed by atoms with Crippen LogP contribution in [0.3, 0.4) is 0 Å². The Bertz CT molecular complexity index is 1470. The van der Waals surface area contributed by atoms with E-state index in [1.54, 1.807) is 6.08 Å². The molecule has 0 radical (unpaired) electrons. The third-order valence-electron chi connectivity index (χ3n) is 5.21. The van der Waals surface area contributed by atoms with Crippen molar-refractivity contribution in [2.24, 2.45) is 4.99 Å². The van der Waals surface area contributed by atoms with Crippen LogP contribution >= 0.6 is 43.5 Å². The highest BCUT2D eigenvalue weighted by atomic mass is 79.9. The third kappa shape index (κ3) is 4.94. The van der Waals surface area contributed by atoms with Crippen LogP contribution < -0.4 is 4.74 Å². The summed E-state index contributed by atoms with van der Waals surface area (Å²) in [6.07, 6.45) is 1.69. The van der Waals surface area contributed by atoms with E-state index in [0.717, 1.165) is 36.4 Å². The van der Waals surface area contributed by atoms with Crippen LogP contribution in [-0.4, -0.2) is 11.9 Å². The quantitative estimate of drug-likeness (QED) is 0.173. The first-order chi connectivity index (χ1) is 16.5. The molecule has 0 saturated carbocycles. The van der Waals surface area contributed by atoms with Crippen LogP contribution in [0.5, 0.6) is 5.75 Å². The molecule has 0 aromatic heterocycles. The number of ether oxygens (including phenoxy) is 2. The molecular weight excluding hydrogens is 582 g/mol. The van der Waals surface area contributed by atoms with Crippen LogP contribution in [0.1, 0.15) is 16.7 Å². The molecule has 4 aromatic carbocycles. The van der Waals surface area contributed by atoms with Gasteiger partial charge in [0.1, 0.15) is 12.4 Å². The average Bonchev–Trinajstić information content (AvgIpc) is 3.18. The Kier molecular flexibility index (Phi) is 6.55. The Hall–Kier alpha value is -2.93. The molecule has 5 rings (SSSR count). The summed E-state index contributed by atoms with van der Waals surface area (Å²) in [6.45, 7) is 0.365. The van der Waals surface area contributed by atoms with E-state index < -0.39 is 5.97 Å². The summed E-state index contributed by atoms with van der Waals surface area (Å²) in [6, 6.07) is 25.1. The lowest BCUT2D eigenvalue weighted by Gasteiger charge is -2.11. The Morgan fingerprint density at radius 2 is 1.68 bits per heavy atom. The van der Waals surface area contributed by atoms with Crippen LogP contribution in [0.25, 0.3) is 16.8 Å².